The Morgan fingerprint density at radius 1 is 0.987 bits per heavy atom. The largest absolute Gasteiger partial charge is 0.495 e. The molecule has 6 rings (SSSR count). The fraction of sp³-hybridized carbons (Fsp3) is 0.630. The van der Waals surface area contributed by atoms with Crippen molar-refractivity contribution in [3.63, 3.8) is 0 Å². The van der Waals surface area contributed by atoms with Gasteiger partial charge in [0.05, 0.1) is 30.6 Å². The van der Waals surface area contributed by atoms with E-state index in [4.69, 9.17) is 35.3 Å². The second kappa shape index (κ2) is 24.8. The van der Waals surface area contributed by atoms with Crippen LogP contribution in [0, 0.1) is 5.92 Å². The van der Waals surface area contributed by atoms with Gasteiger partial charge in [0.1, 0.15) is 40.7 Å². The number of anilines is 1. The number of halogens is 1. The molecular weight excluding hydrogens is 1010 g/mol. The third-order valence-corrected chi connectivity index (χ3v) is 16.9. The zero-order chi connectivity index (χ0) is 55.2. The number of carbonyl (C=O) groups excluding carboxylic acids is 8. The molecule has 0 aliphatic carbocycles. The number of fused-ring (bicyclic) bond motifs is 5. The third-order valence-electron chi connectivity index (χ3n) is 15.0. The number of alkyl carbamates (subject to hydrolysis) is 1. The predicted octanol–water partition coefficient (Wildman–Crippen LogP) is 6.20. The number of aliphatic hydroxyl groups is 1. The Balaban J connectivity index is 1.08. The van der Waals surface area contributed by atoms with Gasteiger partial charge in [-0.25, -0.2) is 9.59 Å². The molecule has 3 fully saturated rings. The molecule has 4 bridgehead atoms. The maximum absolute atomic E-state index is 14.4. The van der Waals surface area contributed by atoms with Gasteiger partial charge in [0, 0.05) is 76.4 Å². The summed E-state index contributed by atoms with van der Waals surface area (Å²) in [5.41, 5.74) is -1.15. The van der Waals surface area contributed by atoms with Gasteiger partial charge in [-0.1, -0.05) is 81.9 Å². The smallest absolute Gasteiger partial charge is 0.409 e. The van der Waals surface area contributed by atoms with Crippen molar-refractivity contribution in [1.29, 1.82) is 0 Å². The van der Waals surface area contributed by atoms with Crippen LogP contribution < -0.4 is 15.0 Å². The summed E-state index contributed by atoms with van der Waals surface area (Å²) in [7, 11) is 5.93. The average Bonchev–Trinajstić information content (AvgIpc) is 3.86. The van der Waals surface area contributed by atoms with E-state index in [2.05, 4.69) is 5.32 Å². The monoisotopic (exact) mass is 1080 g/mol. The molecule has 5 aliphatic heterocycles. The Hall–Kier alpha value is -5.28. The van der Waals surface area contributed by atoms with Crippen LogP contribution in [0.3, 0.4) is 0 Å². The van der Waals surface area contributed by atoms with E-state index in [1.807, 2.05) is 26.8 Å². The lowest BCUT2D eigenvalue weighted by Crippen LogP contribution is -2.63. The van der Waals surface area contributed by atoms with Gasteiger partial charge in [-0.3, -0.25) is 43.9 Å². The molecule has 1 aromatic carbocycles. The van der Waals surface area contributed by atoms with Crippen molar-refractivity contribution in [1.82, 2.24) is 20.0 Å². The van der Waals surface area contributed by atoms with Crippen LogP contribution >= 0.6 is 23.4 Å². The number of hydrogen-bond donors (Lipinski definition) is 2. The highest BCUT2D eigenvalue weighted by Crippen LogP contribution is 2.49. The van der Waals surface area contributed by atoms with Crippen molar-refractivity contribution in [3.05, 3.63) is 58.7 Å². The lowest BCUT2D eigenvalue weighted by Gasteiger charge is -2.42. The number of ether oxygens (including phenoxy) is 5. The van der Waals surface area contributed by atoms with E-state index in [1.165, 1.54) is 71.7 Å². The molecule has 7 amide bonds. The van der Waals surface area contributed by atoms with E-state index in [0.717, 1.165) is 43.2 Å². The molecule has 75 heavy (non-hydrogen) atoms. The number of thioether (sulfide) groups is 1. The van der Waals surface area contributed by atoms with Crippen LogP contribution in [-0.2, 0) is 58.9 Å². The fourth-order valence-electron chi connectivity index (χ4n) is 10.1. The van der Waals surface area contributed by atoms with Gasteiger partial charge in [-0.05, 0) is 64.2 Å². The number of imide groups is 2. The van der Waals surface area contributed by atoms with Crippen LogP contribution in [-0.4, -0.2) is 160 Å². The molecule has 21 heteroatoms. The van der Waals surface area contributed by atoms with Gasteiger partial charge in [-0.15, -0.1) is 11.8 Å². The number of carbonyl (C=O) groups is 8. The first-order chi connectivity index (χ1) is 35.3. The standard InChI is InChI=1S/C54H74ClN5O14S/c1-32-18-17-19-40(71-10)54(69)31-38(72-51(68)56-54)33(2)48-53(6,74-48)41(30-45(64)58(8)36-27-35(26-32)28-37(70-9)47(36)55)73-50(67)34(3)57(7)42(61)22-23-52(4,5)75-39-29-46(65)60(49(39)66)25-16-14-12-11-13-15-24-59-43(62)20-21-44(59)63/h17-21,27-28,33-34,38-41,48,69H,11-16,22-26,29-31H2,1-10H3,(H,56,68)/b19-17+,32-18+/t33-,34+,38+,39?,40-,41+,48+,53+,54+/m1/s1. The summed E-state index contributed by atoms with van der Waals surface area (Å²) in [5, 5.41) is 14.0. The number of nitrogens with one attached hydrogen (secondary N) is 1. The molecule has 9 atom stereocenters. The molecular formula is C54H74ClN5O14S. The first-order valence-corrected chi connectivity index (χ1v) is 27.0. The van der Waals surface area contributed by atoms with E-state index in [0.29, 0.717) is 43.8 Å². The SMILES string of the molecule is COc1cc2cc(c1Cl)N(C)C(=O)C[C@H](OC(=O)[C@H](C)N(C)C(=O)CCC(C)(C)SC1CC(=O)N(CCCCCCCCN3C(=O)C=CC3=O)C1=O)[C@]1(C)O[C@H]1[C@H](C)[C@@H]1C[C@@](O)(NC(=O)O1)[C@H](OC)/C=C/C=C(\C)C2. The normalized spacial score (nSPS) is 28.9. The Morgan fingerprint density at radius 2 is 1.63 bits per heavy atom. The van der Waals surface area contributed by atoms with Crippen molar-refractivity contribution in [3.8, 4) is 5.75 Å². The zero-order valence-electron chi connectivity index (χ0n) is 44.8. The van der Waals surface area contributed by atoms with Crippen molar-refractivity contribution in [2.24, 2.45) is 5.92 Å². The quantitative estimate of drug-likeness (QED) is 0.0680. The maximum Gasteiger partial charge on any atom is 0.409 e. The number of hydrogen-bond acceptors (Lipinski definition) is 15. The highest BCUT2D eigenvalue weighted by molar-refractivity contribution is 8.02. The minimum absolute atomic E-state index is 0.0149. The molecule has 0 radical (unpaired) electrons. The number of rotatable bonds is 19. The molecule has 1 unspecified atom stereocenters. The molecule has 19 nitrogen and oxygen atoms in total. The van der Waals surface area contributed by atoms with Crippen molar-refractivity contribution < 1.29 is 67.1 Å². The zero-order valence-corrected chi connectivity index (χ0v) is 46.4. The number of nitrogens with zero attached hydrogens (tertiary/aromatic N) is 4. The molecule has 5 aliphatic rings. The van der Waals surface area contributed by atoms with Crippen LogP contribution in [0.4, 0.5) is 10.5 Å². The second-order valence-corrected chi connectivity index (χ2v) is 23.4. The number of methoxy groups -OCH3 is 2. The van der Waals surface area contributed by atoms with E-state index in [1.54, 1.807) is 45.2 Å². The van der Waals surface area contributed by atoms with E-state index in [9.17, 15) is 43.5 Å². The summed E-state index contributed by atoms with van der Waals surface area (Å²) in [6, 6.07) is 2.43. The van der Waals surface area contributed by atoms with Crippen molar-refractivity contribution in [2.75, 3.05) is 46.3 Å². The van der Waals surface area contributed by atoms with E-state index < -0.39 is 75.7 Å². The lowest BCUT2D eigenvalue weighted by molar-refractivity contribution is -0.162. The summed E-state index contributed by atoms with van der Waals surface area (Å²) < 4.78 is 28.9. The molecule has 2 N–H and O–H groups in total. The lowest BCUT2D eigenvalue weighted by atomic mass is 9.83. The topological polar surface area (TPSA) is 231 Å². The number of unbranched alkanes of at least 4 members (excludes halogenated alkanes) is 5. The van der Waals surface area contributed by atoms with Gasteiger partial charge in [0.15, 0.2) is 5.72 Å². The number of allylic oxidation sites excluding steroid dienone is 3. The maximum atomic E-state index is 14.4. The van der Waals surface area contributed by atoms with Gasteiger partial charge in [0.2, 0.25) is 23.6 Å². The van der Waals surface area contributed by atoms with Crippen molar-refractivity contribution >= 4 is 76.6 Å². The molecule has 0 aromatic heterocycles. The highest BCUT2D eigenvalue weighted by Gasteiger charge is 2.64. The van der Waals surface area contributed by atoms with Crippen LogP contribution in [0.5, 0.6) is 5.75 Å². The first kappa shape index (κ1) is 59.0. The molecule has 3 saturated heterocycles. The Kier molecular flexibility index (Phi) is 19.5. The minimum Gasteiger partial charge on any atom is -0.495 e. The van der Waals surface area contributed by atoms with Crippen LogP contribution in [0.15, 0.2) is 48.1 Å². The summed E-state index contributed by atoms with van der Waals surface area (Å²) in [5.74, 6) is -2.93. The van der Waals surface area contributed by atoms with Gasteiger partial charge in [0.25, 0.3) is 11.8 Å². The summed E-state index contributed by atoms with van der Waals surface area (Å²) in [6.45, 7) is 11.4. The van der Waals surface area contributed by atoms with Crippen LogP contribution in [0.2, 0.25) is 5.02 Å². The second-order valence-electron chi connectivity index (χ2n) is 21.1. The number of amides is 7. The van der Waals surface area contributed by atoms with Gasteiger partial charge in [-0.2, -0.15) is 0 Å². The average molecular weight is 1080 g/mol. The van der Waals surface area contributed by atoms with E-state index >= 15 is 0 Å². The number of likely N-dealkylation sites (N-methyl/N-ethyl adjacent to an activating group) is 1. The number of likely N-dealkylation sites (tertiary alicyclic amines) is 1. The minimum atomic E-state index is -1.88. The van der Waals surface area contributed by atoms with E-state index in [-0.39, 0.29) is 60.2 Å². The van der Waals surface area contributed by atoms with Crippen molar-refractivity contribution in [2.45, 2.75) is 170 Å². The molecule has 0 saturated carbocycles. The first-order valence-electron chi connectivity index (χ1n) is 25.7. The third kappa shape index (κ3) is 14.2. The summed E-state index contributed by atoms with van der Waals surface area (Å²) >= 11 is 8.19. The fourth-order valence-corrected chi connectivity index (χ4v) is 11.9. The number of epoxide rings is 1. The van der Waals surface area contributed by atoms with Crippen LogP contribution in [0.1, 0.15) is 118 Å². The molecule has 1 aromatic rings. The van der Waals surface area contributed by atoms with Crippen LogP contribution in [0.25, 0.3) is 0 Å². The Morgan fingerprint density at radius 3 is 2.27 bits per heavy atom. The molecule has 0 spiro atoms. The van der Waals surface area contributed by atoms with Gasteiger partial charge < -0.3 is 38.6 Å². The Labute approximate surface area is 449 Å². The molecule has 412 valence electrons. The Bertz CT molecular complexity index is 2450. The summed E-state index contributed by atoms with van der Waals surface area (Å²) in [4.78, 5) is 111. The molecule has 5 heterocycles. The van der Waals surface area contributed by atoms with Gasteiger partial charge >= 0.3 is 12.1 Å². The summed E-state index contributed by atoms with van der Waals surface area (Å²) in [6.07, 6.45) is 8.29. The predicted molar refractivity (Wildman–Crippen MR) is 281 cm³/mol. The highest BCUT2D eigenvalue weighted by atomic mass is 35.5. The number of benzene rings is 1. The number of esters is 1.